The molecule has 1 heterocycles. The second kappa shape index (κ2) is 4.05. The molecule has 3 nitrogen and oxygen atoms in total. The summed E-state index contributed by atoms with van der Waals surface area (Å²) in [6.45, 7) is 7.49. The maximum Gasteiger partial charge on any atom is 0.216 e. The van der Waals surface area contributed by atoms with Crippen molar-refractivity contribution < 1.29 is 14.9 Å². The highest BCUT2D eigenvalue weighted by atomic mass is 16.6. The lowest BCUT2D eigenvalue weighted by atomic mass is 9.94. The molecule has 2 N–H and O–H groups in total. The third-order valence-corrected chi connectivity index (χ3v) is 3.41. The van der Waals surface area contributed by atoms with Crippen molar-refractivity contribution in [3.63, 3.8) is 0 Å². The van der Waals surface area contributed by atoms with Crippen molar-refractivity contribution in [2.45, 2.75) is 12.8 Å². The molecule has 0 radical (unpaired) electrons. The molecule has 0 aliphatic carbocycles. The smallest absolute Gasteiger partial charge is 0.216 e. The van der Waals surface area contributed by atoms with E-state index in [0.717, 1.165) is 11.1 Å². The SMILES string of the molecule is C=CCc1ccc2c(O)c3c(c(O)c2c1CC=C)O3. The van der Waals surface area contributed by atoms with E-state index < -0.39 is 0 Å². The topological polar surface area (TPSA) is 53.0 Å². The van der Waals surface area contributed by atoms with Gasteiger partial charge in [0.2, 0.25) is 11.5 Å². The Kier molecular flexibility index (Phi) is 2.49. The van der Waals surface area contributed by atoms with Crippen LogP contribution >= 0.6 is 0 Å². The van der Waals surface area contributed by atoms with Gasteiger partial charge in [0.25, 0.3) is 0 Å². The monoisotopic (exact) mass is 254 g/mol. The van der Waals surface area contributed by atoms with Crippen LogP contribution in [0.4, 0.5) is 0 Å². The average molecular weight is 254 g/mol. The van der Waals surface area contributed by atoms with E-state index in [9.17, 15) is 10.2 Å². The number of aromatic hydroxyl groups is 2. The Hall–Kier alpha value is -2.42. The second-order valence-electron chi connectivity index (χ2n) is 4.57. The van der Waals surface area contributed by atoms with Crippen molar-refractivity contribution in [3.05, 3.63) is 48.6 Å². The Bertz CT molecular complexity index is 714. The van der Waals surface area contributed by atoms with Crippen LogP contribution in [0.15, 0.2) is 37.4 Å². The van der Waals surface area contributed by atoms with Gasteiger partial charge in [-0.15, -0.1) is 13.2 Å². The molecule has 2 aromatic rings. The predicted octanol–water partition coefficient (Wildman–Crippen LogP) is 3.81. The molecule has 0 amide bonds. The number of phenolic OH excluding ortho intramolecular Hbond substituents is 2. The zero-order chi connectivity index (χ0) is 13.6. The van der Waals surface area contributed by atoms with E-state index in [1.807, 2.05) is 12.1 Å². The van der Waals surface area contributed by atoms with Crippen molar-refractivity contribution in [1.29, 1.82) is 0 Å². The van der Waals surface area contributed by atoms with Crippen molar-refractivity contribution in [2.75, 3.05) is 0 Å². The highest BCUT2D eigenvalue weighted by Crippen LogP contribution is 2.62. The number of hydrogen-bond acceptors (Lipinski definition) is 3. The quantitative estimate of drug-likeness (QED) is 0.423. The molecule has 0 saturated carbocycles. The van der Waals surface area contributed by atoms with Gasteiger partial charge in [-0.2, -0.15) is 0 Å². The van der Waals surface area contributed by atoms with E-state index in [0.29, 0.717) is 35.1 Å². The van der Waals surface area contributed by atoms with Crippen LogP contribution in [0, 0.1) is 0 Å². The lowest BCUT2D eigenvalue weighted by Crippen LogP contribution is -1.93. The highest BCUT2D eigenvalue weighted by molar-refractivity contribution is 6.03. The van der Waals surface area contributed by atoms with Gasteiger partial charge in [0.05, 0.1) is 0 Å². The first-order chi connectivity index (χ1) is 9.19. The number of rotatable bonds is 4. The summed E-state index contributed by atoms with van der Waals surface area (Å²) < 4.78 is 5.13. The number of phenols is 2. The van der Waals surface area contributed by atoms with Crippen LogP contribution < -0.4 is 4.74 Å². The molecule has 0 bridgehead atoms. The predicted molar refractivity (Wildman–Crippen MR) is 75.2 cm³/mol. The molecule has 0 atom stereocenters. The number of ether oxygens (including phenoxy) is 1. The zero-order valence-electron chi connectivity index (χ0n) is 10.4. The van der Waals surface area contributed by atoms with Crippen LogP contribution in [0.25, 0.3) is 10.8 Å². The number of fused-ring (bicyclic) bond motifs is 2. The first-order valence-electron chi connectivity index (χ1n) is 6.11. The third kappa shape index (κ3) is 1.58. The van der Waals surface area contributed by atoms with Gasteiger partial charge >= 0.3 is 0 Å². The molecule has 1 aliphatic rings. The summed E-state index contributed by atoms with van der Waals surface area (Å²) in [5.74, 6) is 0.959. The van der Waals surface area contributed by atoms with Gasteiger partial charge in [-0.1, -0.05) is 24.3 Å². The molecule has 3 rings (SSSR count). The van der Waals surface area contributed by atoms with Crippen LogP contribution in [-0.4, -0.2) is 10.2 Å². The van der Waals surface area contributed by atoms with Crippen LogP contribution in [0.2, 0.25) is 0 Å². The summed E-state index contributed by atoms with van der Waals surface area (Å²) in [5.41, 5.74) is 2.02. The zero-order valence-corrected chi connectivity index (χ0v) is 10.4. The van der Waals surface area contributed by atoms with Crippen LogP contribution in [0.3, 0.4) is 0 Å². The lowest BCUT2D eigenvalue weighted by Gasteiger charge is -2.11. The summed E-state index contributed by atoms with van der Waals surface area (Å²) in [4.78, 5) is 0. The minimum atomic E-state index is 0.0956. The molecule has 2 aromatic carbocycles. The fraction of sp³-hybridized carbons (Fsp3) is 0.125. The Morgan fingerprint density at radius 1 is 1.00 bits per heavy atom. The number of hydrogen-bond donors (Lipinski definition) is 2. The minimum absolute atomic E-state index is 0.0956. The van der Waals surface area contributed by atoms with Gasteiger partial charge in [-0.25, -0.2) is 0 Å². The molecule has 0 fully saturated rings. The van der Waals surface area contributed by atoms with Crippen molar-refractivity contribution >= 4 is 10.8 Å². The molecular formula is C16H14O3. The average Bonchev–Trinajstić information content (AvgIpc) is 3.19. The van der Waals surface area contributed by atoms with Gasteiger partial charge < -0.3 is 14.9 Å². The fourth-order valence-electron chi connectivity index (χ4n) is 2.51. The van der Waals surface area contributed by atoms with Crippen LogP contribution in [-0.2, 0) is 12.8 Å². The Morgan fingerprint density at radius 2 is 1.68 bits per heavy atom. The van der Waals surface area contributed by atoms with E-state index in [4.69, 9.17) is 4.74 Å². The summed E-state index contributed by atoms with van der Waals surface area (Å²) >= 11 is 0. The molecule has 0 unspecified atom stereocenters. The standard InChI is InChI=1S/C16H14O3/c1-3-5-9-7-8-11-12(10(9)6-4-2)14(18)16-15(19-16)13(11)17/h3-4,7-8,17-18H,1-2,5-6H2. The molecule has 3 heteroatoms. The summed E-state index contributed by atoms with van der Waals surface area (Å²) in [6.07, 6.45) is 4.92. The van der Waals surface area contributed by atoms with Crippen LogP contribution in [0.5, 0.6) is 23.0 Å². The van der Waals surface area contributed by atoms with Crippen LogP contribution in [0.1, 0.15) is 11.1 Å². The number of benzene rings is 2. The van der Waals surface area contributed by atoms with E-state index in [2.05, 4.69) is 13.2 Å². The van der Waals surface area contributed by atoms with Gasteiger partial charge in [0.15, 0.2) is 11.5 Å². The second-order valence-corrected chi connectivity index (χ2v) is 4.57. The molecule has 0 spiro atoms. The van der Waals surface area contributed by atoms with E-state index in [1.165, 1.54) is 0 Å². The summed E-state index contributed by atoms with van der Waals surface area (Å²) in [7, 11) is 0. The Balaban J connectivity index is 2.39. The largest absolute Gasteiger partial charge is 0.504 e. The summed E-state index contributed by atoms with van der Waals surface area (Å²) in [6, 6.07) is 3.74. The highest BCUT2D eigenvalue weighted by Gasteiger charge is 2.34. The molecule has 96 valence electrons. The van der Waals surface area contributed by atoms with Crippen molar-refractivity contribution in [3.8, 4) is 23.0 Å². The first-order valence-corrected chi connectivity index (χ1v) is 6.11. The molecule has 19 heavy (non-hydrogen) atoms. The van der Waals surface area contributed by atoms with E-state index in [1.54, 1.807) is 12.1 Å². The van der Waals surface area contributed by atoms with Gasteiger partial charge in [0.1, 0.15) is 0 Å². The van der Waals surface area contributed by atoms with E-state index in [-0.39, 0.29) is 11.5 Å². The Labute approximate surface area is 111 Å². The number of allylic oxidation sites excluding steroid dienone is 2. The van der Waals surface area contributed by atoms with Gasteiger partial charge in [-0.3, -0.25) is 0 Å². The minimum Gasteiger partial charge on any atom is -0.504 e. The van der Waals surface area contributed by atoms with Gasteiger partial charge in [0, 0.05) is 10.8 Å². The molecule has 1 aliphatic heterocycles. The third-order valence-electron chi connectivity index (χ3n) is 3.41. The maximum atomic E-state index is 10.2. The van der Waals surface area contributed by atoms with Crippen molar-refractivity contribution in [1.82, 2.24) is 0 Å². The lowest BCUT2D eigenvalue weighted by molar-refractivity contribution is 0.463. The maximum absolute atomic E-state index is 10.2. The van der Waals surface area contributed by atoms with Crippen molar-refractivity contribution in [2.24, 2.45) is 0 Å². The van der Waals surface area contributed by atoms with E-state index >= 15 is 0 Å². The fourth-order valence-corrected chi connectivity index (χ4v) is 2.51. The normalized spacial score (nSPS) is 11.8. The first kappa shape index (κ1) is 11.7. The molecular weight excluding hydrogens is 240 g/mol. The van der Waals surface area contributed by atoms with Gasteiger partial charge in [-0.05, 0) is 24.0 Å². The molecule has 0 aromatic heterocycles. The molecule has 0 saturated heterocycles. The summed E-state index contributed by atoms with van der Waals surface area (Å²) in [5, 5.41) is 21.6. The Morgan fingerprint density at radius 3 is 2.37 bits per heavy atom.